The second kappa shape index (κ2) is 15.9. The summed E-state index contributed by atoms with van der Waals surface area (Å²) in [5.74, 6) is 0.0106. The van der Waals surface area contributed by atoms with E-state index in [1.165, 1.54) is 44.9 Å². The SMILES string of the molecule is CCCCCCCCC[C@@H](CO)CCCCOC(=O)CCC1CCC(=O)O1. The Balaban J connectivity index is 1.92. The monoisotopic (exact) mass is 384 g/mol. The topological polar surface area (TPSA) is 72.8 Å². The molecule has 2 atom stereocenters. The van der Waals surface area contributed by atoms with Gasteiger partial charge in [-0.05, 0) is 44.4 Å². The molecule has 5 nitrogen and oxygen atoms in total. The molecule has 158 valence electrons. The Kier molecular flexibility index (Phi) is 14.1. The molecule has 1 heterocycles. The number of hydrogen-bond acceptors (Lipinski definition) is 5. The lowest BCUT2D eigenvalue weighted by molar-refractivity contribution is -0.147. The van der Waals surface area contributed by atoms with E-state index in [9.17, 15) is 14.7 Å². The van der Waals surface area contributed by atoms with Gasteiger partial charge in [-0.25, -0.2) is 0 Å². The molecule has 1 fully saturated rings. The molecule has 0 bridgehead atoms. The second-order valence-electron chi connectivity index (χ2n) is 7.86. The summed E-state index contributed by atoms with van der Waals surface area (Å²) < 4.78 is 10.3. The van der Waals surface area contributed by atoms with E-state index in [0.29, 0.717) is 38.2 Å². The lowest BCUT2D eigenvalue weighted by Gasteiger charge is -2.14. The molecular weight excluding hydrogens is 344 g/mol. The van der Waals surface area contributed by atoms with Crippen LogP contribution in [0.3, 0.4) is 0 Å². The first-order chi connectivity index (χ1) is 13.2. The number of ether oxygens (including phenoxy) is 2. The summed E-state index contributed by atoms with van der Waals surface area (Å²) in [5.41, 5.74) is 0. The zero-order valence-corrected chi connectivity index (χ0v) is 17.3. The van der Waals surface area contributed by atoms with Gasteiger partial charge in [-0.15, -0.1) is 0 Å². The summed E-state index contributed by atoms with van der Waals surface area (Å²) in [7, 11) is 0. The van der Waals surface area contributed by atoms with Gasteiger partial charge in [0.15, 0.2) is 0 Å². The molecule has 1 aliphatic rings. The highest BCUT2D eigenvalue weighted by atomic mass is 16.6. The van der Waals surface area contributed by atoms with Crippen LogP contribution in [0.25, 0.3) is 0 Å². The molecule has 0 spiro atoms. The Morgan fingerprint density at radius 1 is 1.11 bits per heavy atom. The van der Waals surface area contributed by atoms with Crippen LogP contribution < -0.4 is 0 Å². The maximum absolute atomic E-state index is 11.7. The third kappa shape index (κ3) is 12.8. The van der Waals surface area contributed by atoms with Crippen molar-refractivity contribution in [3.05, 3.63) is 0 Å². The highest BCUT2D eigenvalue weighted by Gasteiger charge is 2.23. The average molecular weight is 385 g/mol. The molecule has 0 amide bonds. The van der Waals surface area contributed by atoms with E-state index in [2.05, 4.69) is 6.92 Å². The van der Waals surface area contributed by atoms with E-state index >= 15 is 0 Å². The van der Waals surface area contributed by atoms with Gasteiger partial charge in [0.05, 0.1) is 6.61 Å². The van der Waals surface area contributed by atoms with Gasteiger partial charge in [-0.2, -0.15) is 0 Å². The fraction of sp³-hybridized carbons (Fsp3) is 0.909. The van der Waals surface area contributed by atoms with Crippen LogP contribution in [0.2, 0.25) is 0 Å². The molecule has 1 aliphatic heterocycles. The molecule has 27 heavy (non-hydrogen) atoms. The Labute approximate surface area is 165 Å². The van der Waals surface area contributed by atoms with E-state index in [4.69, 9.17) is 9.47 Å². The summed E-state index contributed by atoms with van der Waals surface area (Å²) in [5, 5.41) is 9.51. The van der Waals surface area contributed by atoms with Crippen molar-refractivity contribution in [1.29, 1.82) is 0 Å². The van der Waals surface area contributed by atoms with E-state index in [0.717, 1.165) is 25.7 Å². The van der Waals surface area contributed by atoms with Crippen molar-refractivity contribution in [2.24, 2.45) is 5.92 Å². The van der Waals surface area contributed by atoms with Crippen LogP contribution in [0.5, 0.6) is 0 Å². The van der Waals surface area contributed by atoms with Crippen molar-refractivity contribution >= 4 is 11.9 Å². The Hall–Kier alpha value is -1.10. The minimum atomic E-state index is -0.209. The summed E-state index contributed by atoms with van der Waals surface area (Å²) in [6.07, 6.45) is 15.0. The largest absolute Gasteiger partial charge is 0.466 e. The molecule has 1 unspecified atom stereocenters. The smallest absolute Gasteiger partial charge is 0.306 e. The third-order valence-corrected chi connectivity index (χ3v) is 5.38. The first-order valence-electron chi connectivity index (χ1n) is 11.1. The van der Waals surface area contributed by atoms with Crippen LogP contribution in [0.4, 0.5) is 0 Å². The highest BCUT2D eigenvalue weighted by molar-refractivity contribution is 5.72. The summed E-state index contributed by atoms with van der Waals surface area (Å²) in [6, 6.07) is 0. The Morgan fingerprint density at radius 2 is 1.78 bits per heavy atom. The van der Waals surface area contributed by atoms with Gasteiger partial charge in [-0.3, -0.25) is 9.59 Å². The minimum Gasteiger partial charge on any atom is -0.466 e. The van der Waals surface area contributed by atoms with Gasteiger partial charge < -0.3 is 14.6 Å². The lowest BCUT2D eigenvalue weighted by atomic mass is 9.95. The van der Waals surface area contributed by atoms with Gasteiger partial charge in [0.1, 0.15) is 6.10 Å². The summed E-state index contributed by atoms with van der Waals surface area (Å²) >= 11 is 0. The molecule has 0 radical (unpaired) electrons. The van der Waals surface area contributed by atoms with Gasteiger partial charge in [-0.1, -0.05) is 51.9 Å². The lowest BCUT2D eigenvalue weighted by Crippen LogP contribution is -2.12. The van der Waals surface area contributed by atoms with Crippen molar-refractivity contribution in [2.75, 3.05) is 13.2 Å². The maximum atomic E-state index is 11.7. The number of cyclic esters (lactones) is 1. The number of carbonyl (C=O) groups excluding carboxylic acids is 2. The molecule has 0 aromatic carbocycles. The second-order valence-corrected chi connectivity index (χ2v) is 7.86. The third-order valence-electron chi connectivity index (χ3n) is 5.38. The quantitative estimate of drug-likeness (QED) is 0.284. The van der Waals surface area contributed by atoms with Crippen molar-refractivity contribution in [1.82, 2.24) is 0 Å². The zero-order chi connectivity index (χ0) is 19.7. The number of rotatable bonds is 17. The summed E-state index contributed by atoms with van der Waals surface area (Å²) in [4.78, 5) is 22.7. The number of aliphatic hydroxyl groups is 1. The first-order valence-corrected chi connectivity index (χ1v) is 11.1. The summed E-state index contributed by atoms with van der Waals surface area (Å²) in [6.45, 7) is 2.94. The number of aliphatic hydroxyl groups excluding tert-OH is 1. The van der Waals surface area contributed by atoms with E-state index in [1.807, 2.05) is 0 Å². The average Bonchev–Trinajstić information content (AvgIpc) is 3.09. The van der Waals surface area contributed by atoms with Gasteiger partial charge >= 0.3 is 11.9 Å². The number of hydrogen-bond donors (Lipinski definition) is 1. The van der Waals surface area contributed by atoms with Crippen LogP contribution in [0.1, 0.15) is 103 Å². The molecule has 0 aromatic rings. The van der Waals surface area contributed by atoms with Crippen LogP contribution in [-0.4, -0.2) is 36.4 Å². The number of carbonyl (C=O) groups is 2. The molecule has 1 rings (SSSR count). The van der Waals surface area contributed by atoms with Gasteiger partial charge in [0, 0.05) is 19.4 Å². The van der Waals surface area contributed by atoms with Crippen molar-refractivity contribution in [2.45, 2.75) is 109 Å². The molecule has 5 heteroatoms. The maximum Gasteiger partial charge on any atom is 0.306 e. The number of unbranched alkanes of at least 4 members (excludes halogenated alkanes) is 7. The first kappa shape index (κ1) is 23.9. The van der Waals surface area contributed by atoms with E-state index in [1.54, 1.807) is 0 Å². The molecule has 1 N–H and O–H groups in total. The zero-order valence-electron chi connectivity index (χ0n) is 17.3. The minimum absolute atomic E-state index is 0.109. The molecule has 1 saturated heterocycles. The molecule has 0 aromatic heterocycles. The standard InChI is InChI=1S/C22H40O5/c1-2-3-4-5-6-7-8-11-19(18-23)12-9-10-17-26-21(24)15-13-20-14-16-22(25)27-20/h19-20,23H,2-18H2,1H3/t19-,20?/m1/s1. The normalized spacial score (nSPS) is 17.7. The van der Waals surface area contributed by atoms with Crippen molar-refractivity contribution in [3.63, 3.8) is 0 Å². The molecule has 0 saturated carbocycles. The predicted octanol–water partition coefficient (Wildman–Crippen LogP) is 4.93. The van der Waals surface area contributed by atoms with Crippen LogP contribution in [-0.2, 0) is 19.1 Å². The van der Waals surface area contributed by atoms with Crippen LogP contribution >= 0.6 is 0 Å². The Bertz CT molecular complexity index is 396. The van der Waals surface area contributed by atoms with E-state index in [-0.39, 0.29) is 24.6 Å². The van der Waals surface area contributed by atoms with Gasteiger partial charge in [0.25, 0.3) is 0 Å². The number of esters is 2. The molecule has 0 aliphatic carbocycles. The van der Waals surface area contributed by atoms with Crippen molar-refractivity contribution in [3.8, 4) is 0 Å². The van der Waals surface area contributed by atoms with Gasteiger partial charge in [0.2, 0.25) is 0 Å². The fourth-order valence-electron chi connectivity index (χ4n) is 3.57. The predicted molar refractivity (Wildman–Crippen MR) is 106 cm³/mol. The van der Waals surface area contributed by atoms with Crippen molar-refractivity contribution < 1.29 is 24.2 Å². The van der Waals surface area contributed by atoms with Crippen LogP contribution in [0, 0.1) is 5.92 Å². The fourth-order valence-corrected chi connectivity index (χ4v) is 3.57. The van der Waals surface area contributed by atoms with Crippen LogP contribution in [0.15, 0.2) is 0 Å². The highest BCUT2D eigenvalue weighted by Crippen LogP contribution is 2.19. The van der Waals surface area contributed by atoms with E-state index < -0.39 is 0 Å². The molecular formula is C22H40O5. The Morgan fingerprint density at radius 3 is 2.41 bits per heavy atom.